The summed E-state index contributed by atoms with van der Waals surface area (Å²) in [5.41, 5.74) is 5.51. The molecular weight excluding hydrogens is 242 g/mol. The van der Waals surface area contributed by atoms with Crippen molar-refractivity contribution >= 4 is 9.84 Å². The molecule has 1 fully saturated rings. The molecule has 1 aromatic heterocycles. The van der Waals surface area contributed by atoms with Crippen LogP contribution in [0.3, 0.4) is 0 Å². The summed E-state index contributed by atoms with van der Waals surface area (Å²) in [5, 5.41) is 3.02. The van der Waals surface area contributed by atoms with Crippen molar-refractivity contribution in [3.8, 4) is 0 Å². The van der Waals surface area contributed by atoms with Crippen LogP contribution in [0.5, 0.6) is 0 Å². The third-order valence-corrected chi connectivity index (χ3v) is 5.10. The minimum Gasteiger partial charge on any atom is -0.339 e. The summed E-state index contributed by atoms with van der Waals surface area (Å²) in [6.45, 7) is 2.02. The van der Waals surface area contributed by atoms with E-state index in [2.05, 4.69) is 10.1 Å². The molecule has 0 amide bonds. The first-order chi connectivity index (χ1) is 7.89. The molecule has 1 aliphatic rings. The van der Waals surface area contributed by atoms with Crippen molar-refractivity contribution in [2.24, 2.45) is 5.73 Å². The fourth-order valence-corrected chi connectivity index (χ4v) is 2.39. The Morgan fingerprint density at radius 2 is 2.18 bits per heavy atom. The van der Waals surface area contributed by atoms with Gasteiger partial charge >= 0.3 is 0 Å². The van der Waals surface area contributed by atoms with E-state index in [0.29, 0.717) is 12.4 Å². The lowest BCUT2D eigenvalue weighted by atomic mass is 9.69. The molecule has 96 valence electrons. The molecule has 0 radical (unpaired) electrons. The molecule has 0 aliphatic heterocycles. The number of rotatable bonds is 4. The zero-order valence-electron chi connectivity index (χ0n) is 10.0. The number of sulfone groups is 1. The van der Waals surface area contributed by atoms with Crippen molar-refractivity contribution in [1.29, 1.82) is 0 Å². The molecule has 0 aromatic carbocycles. The van der Waals surface area contributed by atoms with E-state index in [1.165, 1.54) is 0 Å². The first-order valence-electron chi connectivity index (χ1n) is 5.62. The molecule has 1 unspecified atom stereocenters. The van der Waals surface area contributed by atoms with Crippen LogP contribution in [0.15, 0.2) is 4.52 Å². The second-order valence-electron chi connectivity index (χ2n) is 4.77. The summed E-state index contributed by atoms with van der Waals surface area (Å²) >= 11 is 0. The average Bonchev–Trinajstić information content (AvgIpc) is 2.64. The Bertz CT molecular complexity index is 499. The molecule has 1 aliphatic carbocycles. The van der Waals surface area contributed by atoms with Gasteiger partial charge in [-0.1, -0.05) is 11.6 Å². The Labute approximate surface area is 100 Å². The van der Waals surface area contributed by atoms with Crippen LogP contribution < -0.4 is 5.73 Å². The van der Waals surface area contributed by atoms with Crippen molar-refractivity contribution in [2.45, 2.75) is 36.9 Å². The Morgan fingerprint density at radius 1 is 1.53 bits per heavy atom. The van der Waals surface area contributed by atoms with E-state index >= 15 is 0 Å². The van der Waals surface area contributed by atoms with E-state index in [1.807, 2.05) is 0 Å². The second kappa shape index (κ2) is 4.06. The maximum Gasteiger partial charge on any atom is 0.234 e. The molecule has 1 aromatic rings. The highest BCUT2D eigenvalue weighted by molar-refractivity contribution is 7.90. The van der Waals surface area contributed by atoms with Gasteiger partial charge in [-0.15, -0.1) is 0 Å². The molecule has 0 spiro atoms. The SMILES string of the molecule is CC(c1noc(C2(CN)CCC2)n1)S(C)(=O)=O. The lowest BCUT2D eigenvalue weighted by Gasteiger charge is -2.36. The molecule has 2 rings (SSSR count). The summed E-state index contributed by atoms with van der Waals surface area (Å²) < 4.78 is 28.0. The second-order valence-corrected chi connectivity index (χ2v) is 7.13. The Hall–Kier alpha value is -0.950. The quantitative estimate of drug-likeness (QED) is 0.848. The summed E-state index contributed by atoms with van der Waals surface area (Å²) in [4.78, 5) is 4.20. The van der Waals surface area contributed by atoms with E-state index in [-0.39, 0.29) is 11.2 Å². The minimum absolute atomic E-state index is 0.220. The van der Waals surface area contributed by atoms with Crippen LogP contribution in [0.4, 0.5) is 0 Å². The molecule has 6 nitrogen and oxygen atoms in total. The van der Waals surface area contributed by atoms with Crippen LogP contribution in [0.25, 0.3) is 0 Å². The van der Waals surface area contributed by atoms with Gasteiger partial charge in [0.25, 0.3) is 0 Å². The maximum absolute atomic E-state index is 11.4. The standard InChI is InChI=1S/C10H17N3O3S/c1-7(17(2,14)15)8-12-9(16-13-8)10(6-11)4-3-5-10/h7H,3-6,11H2,1-2H3. The van der Waals surface area contributed by atoms with Crippen LogP contribution >= 0.6 is 0 Å². The zero-order valence-corrected chi connectivity index (χ0v) is 10.8. The van der Waals surface area contributed by atoms with Crippen molar-refractivity contribution < 1.29 is 12.9 Å². The van der Waals surface area contributed by atoms with E-state index in [0.717, 1.165) is 25.5 Å². The van der Waals surface area contributed by atoms with E-state index in [1.54, 1.807) is 6.92 Å². The van der Waals surface area contributed by atoms with Gasteiger partial charge in [-0.2, -0.15) is 4.98 Å². The van der Waals surface area contributed by atoms with Crippen molar-refractivity contribution in [2.75, 3.05) is 12.8 Å². The monoisotopic (exact) mass is 259 g/mol. The smallest absolute Gasteiger partial charge is 0.234 e. The molecule has 0 bridgehead atoms. The van der Waals surface area contributed by atoms with Gasteiger partial charge in [0.15, 0.2) is 15.7 Å². The first-order valence-corrected chi connectivity index (χ1v) is 7.57. The summed E-state index contributed by atoms with van der Waals surface area (Å²) in [5.74, 6) is 0.707. The van der Waals surface area contributed by atoms with Gasteiger partial charge < -0.3 is 10.3 Å². The predicted molar refractivity (Wildman–Crippen MR) is 62.1 cm³/mol. The summed E-state index contributed by atoms with van der Waals surface area (Å²) in [6, 6.07) is 0. The van der Waals surface area contributed by atoms with Gasteiger partial charge in [-0.25, -0.2) is 8.42 Å². The van der Waals surface area contributed by atoms with Gasteiger partial charge in [-0.05, 0) is 19.8 Å². The molecule has 1 atom stereocenters. The largest absolute Gasteiger partial charge is 0.339 e. The average molecular weight is 259 g/mol. The van der Waals surface area contributed by atoms with Crippen LogP contribution in [-0.4, -0.2) is 31.4 Å². The lowest BCUT2D eigenvalue weighted by Crippen LogP contribution is -2.41. The fourth-order valence-electron chi connectivity index (χ4n) is 1.92. The number of aromatic nitrogens is 2. The fraction of sp³-hybridized carbons (Fsp3) is 0.800. The number of hydrogen-bond acceptors (Lipinski definition) is 6. The Morgan fingerprint density at radius 3 is 2.59 bits per heavy atom. The molecule has 17 heavy (non-hydrogen) atoms. The molecule has 0 saturated heterocycles. The maximum atomic E-state index is 11.4. The van der Waals surface area contributed by atoms with Gasteiger partial charge in [0.1, 0.15) is 5.25 Å². The summed E-state index contributed by atoms with van der Waals surface area (Å²) in [7, 11) is -3.20. The highest BCUT2D eigenvalue weighted by atomic mass is 32.2. The Kier molecular flexibility index (Phi) is 2.99. The predicted octanol–water partition coefficient (Wildman–Crippen LogP) is 0.556. The van der Waals surface area contributed by atoms with Gasteiger partial charge in [-0.3, -0.25) is 0 Å². The third kappa shape index (κ3) is 2.09. The van der Waals surface area contributed by atoms with Crippen LogP contribution in [0.1, 0.15) is 43.2 Å². The van der Waals surface area contributed by atoms with Gasteiger partial charge in [0.05, 0.1) is 5.41 Å². The van der Waals surface area contributed by atoms with Crippen LogP contribution in [0, 0.1) is 0 Å². The summed E-state index contributed by atoms with van der Waals surface area (Å²) in [6.07, 6.45) is 4.11. The van der Waals surface area contributed by atoms with E-state index in [9.17, 15) is 8.42 Å². The highest BCUT2D eigenvalue weighted by Gasteiger charge is 2.43. The minimum atomic E-state index is -3.20. The number of nitrogens with zero attached hydrogens (tertiary/aromatic N) is 2. The van der Waals surface area contributed by atoms with E-state index < -0.39 is 15.1 Å². The van der Waals surface area contributed by atoms with Crippen molar-refractivity contribution in [1.82, 2.24) is 10.1 Å². The normalized spacial score (nSPS) is 20.9. The highest BCUT2D eigenvalue weighted by Crippen LogP contribution is 2.42. The zero-order chi connectivity index (χ0) is 12.7. The molecule has 7 heteroatoms. The van der Waals surface area contributed by atoms with E-state index in [4.69, 9.17) is 10.3 Å². The number of hydrogen-bond donors (Lipinski definition) is 1. The topological polar surface area (TPSA) is 99.1 Å². The third-order valence-electron chi connectivity index (χ3n) is 3.60. The Balaban J connectivity index is 2.28. The molecule has 2 N–H and O–H groups in total. The molecular formula is C10H17N3O3S. The van der Waals surface area contributed by atoms with Gasteiger partial charge in [0.2, 0.25) is 5.89 Å². The first kappa shape index (κ1) is 12.5. The van der Waals surface area contributed by atoms with Crippen molar-refractivity contribution in [3.05, 3.63) is 11.7 Å². The lowest BCUT2D eigenvalue weighted by molar-refractivity contribution is 0.181. The molecule has 1 heterocycles. The van der Waals surface area contributed by atoms with Gasteiger partial charge in [0, 0.05) is 12.8 Å². The number of nitrogens with two attached hydrogens (primary N) is 1. The molecule has 1 saturated carbocycles. The van der Waals surface area contributed by atoms with Crippen LogP contribution in [0.2, 0.25) is 0 Å². The van der Waals surface area contributed by atoms with Crippen LogP contribution in [-0.2, 0) is 15.3 Å². The van der Waals surface area contributed by atoms with Crippen molar-refractivity contribution in [3.63, 3.8) is 0 Å².